The molecule has 3 N–H and O–H groups in total. The molecular weight excluding hydrogens is 278 g/mol. The highest BCUT2D eigenvalue weighted by Gasteiger charge is 2.27. The van der Waals surface area contributed by atoms with Gasteiger partial charge >= 0.3 is 6.03 Å². The molecule has 1 aliphatic rings. The summed E-state index contributed by atoms with van der Waals surface area (Å²) in [6.45, 7) is 1.42. The third kappa shape index (κ3) is 3.63. The average molecular weight is 296 g/mol. The van der Waals surface area contributed by atoms with Crippen LogP contribution in [-0.2, 0) is 11.3 Å². The van der Waals surface area contributed by atoms with Crippen LogP contribution < -0.4 is 11.1 Å². The molecule has 0 spiro atoms. The Hall–Kier alpha value is -1.75. The molecule has 0 unspecified atom stereocenters. The molecule has 1 aromatic rings. The van der Waals surface area contributed by atoms with Crippen LogP contribution in [0, 0.1) is 5.92 Å². The molecule has 0 aromatic heterocycles. The van der Waals surface area contributed by atoms with Crippen LogP contribution in [0.15, 0.2) is 24.3 Å². The van der Waals surface area contributed by atoms with Crippen molar-refractivity contribution < 1.29 is 9.59 Å². The van der Waals surface area contributed by atoms with Crippen LogP contribution in [0.1, 0.15) is 18.4 Å². The fourth-order valence-electron chi connectivity index (χ4n) is 2.36. The minimum atomic E-state index is -0.464. The topological polar surface area (TPSA) is 75.4 Å². The van der Waals surface area contributed by atoms with E-state index in [1.807, 2.05) is 18.2 Å². The number of primary amides is 1. The van der Waals surface area contributed by atoms with Crippen molar-refractivity contribution in [2.24, 2.45) is 11.7 Å². The number of benzene rings is 1. The van der Waals surface area contributed by atoms with Gasteiger partial charge in [-0.1, -0.05) is 29.8 Å². The molecule has 1 heterocycles. The monoisotopic (exact) mass is 295 g/mol. The lowest BCUT2D eigenvalue weighted by Crippen LogP contribution is -2.47. The summed E-state index contributed by atoms with van der Waals surface area (Å²) in [5.41, 5.74) is 6.13. The fourth-order valence-corrected chi connectivity index (χ4v) is 2.56. The van der Waals surface area contributed by atoms with Gasteiger partial charge in [-0.2, -0.15) is 0 Å². The van der Waals surface area contributed by atoms with Gasteiger partial charge in [-0.3, -0.25) is 4.79 Å². The van der Waals surface area contributed by atoms with Gasteiger partial charge in [0.1, 0.15) is 0 Å². The van der Waals surface area contributed by atoms with E-state index in [1.165, 1.54) is 4.90 Å². The highest BCUT2D eigenvalue weighted by molar-refractivity contribution is 6.31. The van der Waals surface area contributed by atoms with Crippen LogP contribution in [-0.4, -0.2) is 29.9 Å². The number of carbonyl (C=O) groups excluding carboxylic acids is 2. The highest BCUT2D eigenvalue weighted by atomic mass is 35.5. The molecule has 0 bridgehead atoms. The lowest BCUT2D eigenvalue weighted by molar-refractivity contribution is -0.126. The second kappa shape index (κ2) is 6.61. The molecule has 3 amide bonds. The number of amides is 3. The summed E-state index contributed by atoms with van der Waals surface area (Å²) in [6.07, 6.45) is 1.57. The lowest BCUT2D eigenvalue weighted by Gasteiger charge is -2.30. The van der Waals surface area contributed by atoms with Gasteiger partial charge in [0.25, 0.3) is 0 Å². The van der Waals surface area contributed by atoms with Crippen LogP contribution in [0.25, 0.3) is 0 Å². The molecule has 108 valence electrons. The zero-order chi connectivity index (χ0) is 14.5. The molecule has 1 aromatic carbocycles. The van der Waals surface area contributed by atoms with Crippen molar-refractivity contribution in [2.45, 2.75) is 19.4 Å². The Morgan fingerprint density at radius 1 is 1.40 bits per heavy atom. The molecule has 1 saturated heterocycles. The number of urea groups is 1. The van der Waals surface area contributed by atoms with Crippen LogP contribution >= 0.6 is 11.6 Å². The number of nitrogens with two attached hydrogens (primary N) is 1. The van der Waals surface area contributed by atoms with Gasteiger partial charge in [0, 0.05) is 24.7 Å². The van der Waals surface area contributed by atoms with Gasteiger partial charge in [0.15, 0.2) is 0 Å². The predicted molar refractivity (Wildman–Crippen MR) is 77.2 cm³/mol. The number of hydrogen-bond acceptors (Lipinski definition) is 2. The zero-order valence-electron chi connectivity index (χ0n) is 11.1. The smallest absolute Gasteiger partial charge is 0.314 e. The Bertz CT molecular complexity index is 507. The number of rotatable bonds is 3. The standard InChI is InChI=1S/C14H18ClN3O2/c15-12-6-2-1-4-10(12)8-17-13(19)11-5-3-7-18(9-11)14(16)20/h1-2,4,6,11H,3,5,7-9H2,(H2,16,20)(H,17,19)/t11-/m1/s1. The molecule has 1 atom stereocenters. The third-order valence-electron chi connectivity index (χ3n) is 3.51. The van der Waals surface area contributed by atoms with E-state index in [1.54, 1.807) is 6.07 Å². The van der Waals surface area contributed by atoms with Gasteiger partial charge in [-0.25, -0.2) is 4.79 Å². The molecule has 5 nitrogen and oxygen atoms in total. The number of piperidine rings is 1. The quantitative estimate of drug-likeness (QED) is 0.891. The number of hydrogen-bond donors (Lipinski definition) is 2. The van der Waals surface area contributed by atoms with E-state index >= 15 is 0 Å². The molecule has 0 radical (unpaired) electrons. The molecule has 0 saturated carbocycles. The second-order valence-corrected chi connectivity index (χ2v) is 5.34. The molecule has 0 aliphatic carbocycles. The highest BCUT2D eigenvalue weighted by Crippen LogP contribution is 2.18. The van der Waals surface area contributed by atoms with E-state index in [0.717, 1.165) is 18.4 Å². The van der Waals surface area contributed by atoms with Crippen molar-refractivity contribution in [3.05, 3.63) is 34.9 Å². The summed E-state index contributed by atoms with van der Waals surface area (Å²) in [5.74, 6) is -0.255. The van der Waals surface area contributed by atoms with Crippen LogP contribution in [0.4, 0.5) is 4.79 Å². The first kappa shape index (κ1) is 14.7. The maximum atomic E-state index is 12.1. The SMILES string of the molecule is NC(=O)N1CCC[C@@H](C(=O)NCc2ccccc2Cl)C1. The van der Waals surface area contributed by atoms with Gasteiger partial charge in [0.2, 0.25) is 5.91 Å². The van der Waals surface area contributed by atoms with Gasteiger partial charge in [-0.15, -0.1) is 0 Å². The summed E-state index contributed by atoms with van der Waals surface area (Å²) < 4.78 is 0. The van der Waals surface area contributed by atoms with Gasteiger partial charge in [-0.05, 0) is 24.5 Å². The van der Waals surface area contributed by atoms with Crippen LogP contribution in [0.2, 0.25) is 5.02 Å². The second-order valence-electron chi connectivity index (χ2n) is 4.93. The number of nitrogens with zero attached hydrogens (tertiary/aromatic N) is 1. The average Bonchev–Trinajstić information content (AvgIpc) is 2.46. The van der Waals surface area contributed by atoms with Crippen molar-refractivity contribution in [3.8, 4) is 0 Å². The lowest BCUT2D eigenvalue weighted by atomic mass is 9.97. The number of likely N-dealkylation sites (tertiary alicyclic amines) is 1. The maximum absolute atomic E-state index is 12.1. The van der Waals surface area contributed by atoms with Crippen molar-refractivity contribution in [1.29, 1.82) is 0 Å². The summed E-state index contributed by atoms with van der Waals surface area (Å²) in [6, 6.07) is 6.92. The number of nitrogens with one attached hydrogen (secondary N) is 1. The van der Waals surface area contributed by atoms with Crippen LogP contribution in [0.3, 0.4) is 0 Å². The summed E-state index contributed by atoms with van der Waals surface area (Å²) in [5, 5.41) is 3.50. The van der Waals surface area contributed by atoms with Crippen LogP contribution in [0.5, 0.6) is 0 Å². The van der Waals surface area contributed by atoms with Crippen molar-refractivity contribution in [2.75, 3.05) is 13.1 Å². The number of carbonyl (C=O) groups is 2. The predicted octanol–water partition coefficient (Wildman–Crippen LogP) is 1.75. The Morgan fingerprint density at radius 3 is 2.85 bits per heavy atom. The van der Waals surface area contributed by atoms with Crippen molar-refractivity contribution >= 4 is 23.5 Å². The molecule has 1 aliphatic heterocycles. The molecule has 1 fully saturated rings. The Kier molecular flexibility index (Phi) is 4.84. The van der Waals surface area contributed by atoms with Crippen molar-refractivity contribution in [1.82, 2.24) is 10.2 Å². The first-order valence-electron chi connectivity index (χ1n) is 6.63. The number of halogens is 1. The third-order valence-corrected chi connectivity index (χ3v) is 3.88. The fraction of sp³-hybridized carbons (Fsp3) is 0.429. The largest absolute Gasteiger partial charge is 0.352 e. The van der Waals surface area contributed by atoms with E-state index in [2.05, 4.69) is 5.32 Å². The van der Waals surface area contributed by atoms with E-state index in [9.17, 15) is 9.59 Å². The minimum absolute atomic E-state index is 0.0594. The molecular formula is C14H18ClN3O2. The first-order chi connectivity index (χ1) is 9.58. The van der Waals surface area contributed by atoms with Gasteiger partial charge < -0.3 is 16.0 Å². The minimum Gasteiger partial charge on any atom is -0.352 e. The molecule has 2 rings (SSSR count). The van der Waals surface area contributed by atoms with E-state index in [-0.39, 0.29) is 11.8 Å². The van der Waals surface area contributed by atoms with Crippen molar-refractivity contribution in [3.63, 3.8) is 0 Å². The molecule has 20 heavy (non-hydrogen) atoms. The van der Waals surface area contributed by atoms with Gasteiger partial charge in [0.05, 0.1) is 5.92 Å². The summed E-state index contributed by atoms with van der Waals surface area (Å²) in [4.78, 5) is 24.8. The van der Waals surface area contributed by atoms with E-state index in [4.69, 9.17) is 17.3 Å². The summed E-state index contributed by atoms with van der Waals surface area (Å²) >= 11 is 6.04. The maximum Gasteiger partial charge on any atom is 0.314 e. The molecule has 6 heteroatoms. The summed E-state index contributed by atoms with van der Waals surface area (Å²) in [7, 11) is 0. The first-order valence-corrected chi connectivity index (χ1v) is 7.01. The Balaban J connectivity index is 1.89. The van der Waals surface area contributed by atoms with E-state index in [0.29, 0.717) is 24.7 Å². The Morgan fingerprint density at radius 2 is 2.15 bits per heavy atom. The Labute approximate surface area is 123 Å². The van der Waals surface area contributed by atoms with E-state index < -0.39 is 6.03 Å². The zero-order valence-corrected chi connectivity index (χ0v) is 11.9. The normalized spacial score (nSPS) is 18.6.